The first-order valence-electron chi connectivity index (χ1n) is 7.12. The van der Waals surface area contributed by atoms with E-state index in [0.717, 1.165) is 18.0 Å². The minimum atomic E-state index is 0.229. The average molecular weight is 245 g/mol. The zero-order valence-electron chi connectivity index (χ0n) is 11.5. The molecule has 0 aliphatic carbocycles. The summed E-state index contributed by atoms with van der Waals surface area (Å²) >= 11 is 0. The minimum Gasteiger partial charge on any atom is -0.371 e. The molecular weight excluding hydrogens is 222 g/mol. The molecule has 0 aromatic heterocycles. The number of benzene rings is 1. The molecule has 1 heterocycles. The Labute approximate surface area is 110 Å². The molecule has 0 spiro atoms. The molecule has 2 rings (SSSR count). The molecule has 2 heteroatoms. The Kier molecular flexibility index (Phi) is 4.40. The highest BCUT2D eigenvalue weighted by Gasteiger charge is 2.21. The van der Waals surface area contributed by atoms with E-state index in [9.17, 15) is 4.79 Å². The van der Waals surface area contributed by atoms with E-state index in [0.29, 0.717) is 6.42 Å². The first kappa shape index (κ1) is 13.1. The third kappa shape index (κ3) is 2.92. The van der Waals surface area contributed by atoms with Crippen molar-refractivity contribution in [2.24, 2.45) is 5.92 Å². The molecule has 1 aromatic rings. The number of rotatable bonds is 5. The van der Waals surface area contributed by atoms with E-state index in [1.54, 1.807) is 0 Å². The standard InChI is InChI=1S/C16H23NO/c1-3-5-13-10-11-17(12-13)15-8-6-14(7-9-15)16(18)4-2/h6-9,13H,3-5,10-12H2,1-2H3. The maximum absolute atomic E-state index is 11.6. The summed E-state index contributed by atoms with van der Waals surface area (Å²) in [5.74, 6) is 1.08. The molecule has 18 heavy (non-hydrogen) atoms. The normalized spacial score (nSPS) is 19.2. The first-order valence-corrected chi connectivity index (χ1v) is 7.12. The fourth-order valence-electron chi connectivity index (χ4n) is 2.77. The lowest BCUT2D eigenvalue weighted by molar-refractivity contribution is 0.0988. The lowest BCUT2D eigenvalue weighted by atomic mass is 10.0. The molecular formula is C16H23NO. The van der Waals surface area contributed by atoms with Gasteiger partial charge in [-0.15, -0.1) is 0 Å². The van der Waals surface area contributed by atoms with Crippen LogP contribution in [0.5, 0.6) is 0 Å². The zero-order chi connectivity index (χ0) is 13.0. The molecule has 0 N–H and O–H groups in total. The molecule has 1 aliphatic heterocycles. The van der Waals surface area contributed by atoms with Crippen LogP contribution in [-0.4, -0.2) is 18.9 Å². The number of ketones is 1. The molecule has 1 saturated heterocycles. The van der Waals surface area contributed by atoms with Crippen molar-refractivity contribution in [3.8, 4) is 0 Å². The van der Waals surface area contributed by atoms with Crippen LogP contribution in [0.15, 0.2) is 24.3 Å². The average Bonchev–Trinajstić information content (AvgIpc) is 2.87. The summed E-state index contributed by atoms with van der Waals surface area (Å²) in [6.45, 7) is 6.50. The van der Waals surface area contributed by atoms with Gasteiger partial charge in [-0.25, -0.2) is 0 Å². The Morgan fingerprint density at radius 1 is 1.28 bits per heavy atom. The van der Waals surface area contributed by atoms with Gasteiger partial charge in [-0.2, -0.15) is 0 Å². The predicted octanol–water partition coefficient (Wildman–Crippen LogP) is 3.91. The van der Waals surface area contributed by atoms with Gasteiger partial charge < -0.3 is 4.90 Å². The van der Waals surface area contributed by atoms with E-state index in [-0.39, 0.29) is 5.78 Å². The summed E-state index contributed by atoms with van der Waals surface area (Å²) in [5.41, 5.74) is 2.10. The highest BCUT2D eigenvalue weighted by Crippen LogP contribution is 2.26. The summed E-state index contributed by atoms with van der Waals surface area (Å²) in [6.07, 6.45) is 4.51. The quantitative estimate of drug-likeness (QED) is 0.733. The zero-order valence-corrected chi connectivity index (χ0v) is 11.5. The number of carbonyl (C=O) groups excluding carboxylic acids is 1. The van der Waals surface area contributed by atoms with E-state index < -0.39 is 0 Å². The van der Waals surface area contributed by atoms with Gasteiger partial charge >= 0.3 is 0 Å². The first-order chi connectivity index (χ1) is 8.74. The van der Waals surface area contributed by atoms with E-state index in [4.69, 9.17) is 0 Å². The SMILES string of the molecule is CCCC1CCN(c2ccc(C(=O)CC)cc2)C1. The fraction of sp³-hybridized carbons (Fsp3) is 0.562. The van der Waals surface area contributed by atoms with Gasteiger partial charge in [0.2, 0.25) is 0 Å². The molecule has 1 atom stereocenters. The number of hydrogen-bond acceptors (Lipinski definition) is 2. The molecule has 2 nitrogen and oxygen atoms in total. The van der Waals surface area contributed by atoms with Crippen LogP contribution in [0.3, 0.4) is 0 Å². The van der Waals surface area contributed by atoms with Crippen LogP contribution in [0.2, 0.25) is 0 Å². The summed E-state index contributed by atoms with van der Waals surface area (Å²) in [5, 5.41) is 0. The predicted molar refractivity (Wildman–Crippen MR) is 76.3 cm³/mol. The maximum Gasteiger partial charge on any atom is 0.162 e. The fourth-order valence-corrected chi connectivity index (χ4v) is 2.77. The summed E-state index contributed by atoms with van der Waals surface area (Å²) < 4.78 is 0. The molecule has 1 aromatic carbocycles. The van der Waals surface area contributed by atoms with Crippen molar-refractivity contribution < 1.29 is 4.79 Å². The van der Waals surface area contributed by atoms with Crippen molar-refractivity contribution in [2.45, 2.75) is 39.5 Å². The number of anilines is 1. The van der Waals surface area contributed by atoms with Crippen molar-refractivity contribution in [1.29, 1.82) is 0 Å². The molecule has 0 radical (unpaired) electrons. The largest absolute Gasteiger partial charge is 0.371 e. The number of nitrogens with zero attached hydrogens (tertiary/aromatic N) is 1. The van der Waals surface area contributed by atoms with Crippen LogP contribution in [-0.2, 0) is 0 Å². The van der Waals surface area contributed by atoms with Crippen molar-refractivity contribution in [2.75, 3.05) is 18.0 Å². The van der Waals surface area contributed by atoms with E-state index in [2.05, 4.69) is 24.0 Å². The van der Waals surface area contributed by atoms with Crippen LogP contribution in [0.25, 0.3) is 0 Å². The van der Waals surface area contributed by atoms with Crippen molar-refractivity contribution in [1.82, 2.24) is 0 Å². The number of hydrogen-bond donors (Lipinski definition) is 0. The van der Waals surface area contributed by atoms with Crippen molar-refractivity contribution >= 4 is 11.5 Å². The second kappa shape index (κ2) is 6.03. The Morgan fingerprint density at radius 2 is 2.00 bits per heavy atom. The van der Waals surface area contributed by atoms with Crippen LogP contribution in [0, 0.1) is 5.92 Å². The van der Waals surface area contributed by atoms with Crippen molar-refractivity contribution in [3.63, 3.8) is 0 Å². The van der Waals surface area contributed by atoms with Crippen LogP contribution in [0.4, 0.5) is 5.69 Å². The molecule has 0 bridgehead atoms. The second-order valence-corrected chi connectivity index (χ2v) is 5.21. The summed E-state index contributed by atoms with van der Waals surface area (Å²) in [6, 6.07) is 8.12. The third-order valence-electron chi connectivity index (χ3n) is 3.86. The Balaban J connectivity index is 2.00. The summed E-state index contributed by atoms with van der Waals surface area (Å²) in [4.78, 5) is 14.0. The highest BCUT2D eigenvalue weighted by atomic mass is 16.1. The Morgan fingerprint density at radius 3 is 2.61 bits per heavy atom. The van der Waals surface area contributed by atoms with Gasteiger partial charge in [0, 0.05) is 30.8 Å². The molecule has 0 saturated carbocycles. The molecule has 0 amide bonds. The molecule has 98 valence electrons. The minimum absolute atomic E-state index is 0.229. The van der Waals surface area contributed by atoms with Gasteiger partial charge in [-0.1, -0.05) is 20.3 Å². The van der Waals surface area contributed by atoms with Gasteiger partial charge in [0.15, 0.2) is 5.78 Å². The Bertz CT molecular complexity index is 396. The molecule has 1 aliphatic rings. The topological polar surface area (TPSA) is 20.3 Å². The summed E-state index contributed by atoms with van der Waals surface area (Å²) in [7, 11) is 0. The van der Waals surface area contributed by atoms with Crippen molar-refractivity contribution in [3.05, 3.63) is 29.8 Å². The van der Waals surface area contributed by atoms with Crippen LogP contribution in [0.1, 0.15) is 49.9 Å². The lowest BCUT2D eigenvalue weighted by Crippen LogP contribution is -2.19. The van der Waals surface area contributed by atoms with Gasteiger partial charge in [0.05, 0.1) is 0 Å². The van der Waals surface area contributed by atoms with Gasteiger partial charge in [-0.05, 0) is 43.0 Å². The van der Waals surface area contributed by atoms with Crippen LogP contribution < -0.4 is 4.90 Å². The molecule has 1 fully saturated rings. The van der Waals surface area contributed by atoms with Gasteiger partial charge in [-0.3, -0.25) is 4.79 Å². The molecule has 1 unspecified atom stereocenters. The van der Waals surface area contributed by atoms with E-state index in [1.807, 2.05) is 19.1 Å². The Hall–Kier alpha value is -1.31. The maximum atomic E-state index is 11.6. The van der Waals surface area contributed by atoms with E-state index >= 15 is 0 Å². The van der Waals surface area contributed by atoms with Gasteiger partial charge in [0.1, 0.15) is 0 Å². The third-order valence-corrected chi connectivity index (χ3v) is 3.86. The van der Waals surface area contributed by atoms with E-state index in [1.165, 1.54) is 31.5 Å². The second-order valence-electron chi connectivity index (χ2n) is 5.21. The number of Topliss-reactive ketones (excluding diaryl/α,β-unsaturated/α-hetero) is 1. The smallest absolute Gasteiger partial charge is 0.162 e. The monoisotopic (exact) mass is 245 g/mol. The van der Waals surface area contributed by atoms with Crippen LogP contribution >= 0.6 is 0 Å². The van der Waals surface area contributed by atoms with Gasteiger partial charge in [0.25, 0.3) is 0 Å². The lowest BCUT2D eigenvalue weighted by Gasteiger charge is -2.19. The number of carbonyl (C=O) groups is 1. The highest BCUT2D eigenvalue weighted by molar-refractivity contribution is 5.96.